The van der Waals surface area contributed by atoms with E-state index in [1.54, 1.807) is 0 Å². The number of hydrogen-bond acceptors (Lipinski definition) is 5. The maximum atomic E-state index is 12.1. The summed E-state index contributed by atoms with van der Waals surface area (Å²) in [6.45, 7) is 0.628. The molecule has 1 saturated heterocycles. The minimum atomic E-state index is -0.391. The van der Waals surface area contributed by atoms with Crippen LogP contribution >= 0.6 is 11.3 Å². The van der Waals surface area contributed by atoms with Crippen molar-refractivity contribution in [3.63, 3.8) is 0 Å². The quantitative estimate of drug-likeness (QED) is 0.868. The number of carbonyl (C=O) groups excluding carboxylic acids is 2. The topological polar surface area (TPSA) is 64.6 Å². The van der Waals surface area contributed by atoms with Gasteiger partial charge in [0.05, 0.1) is 12.7 Å². The van der Waals surface area contributed by atoms with E-state index in [0.717, 1.165) is 37.7 Å². The first-order valence-corrected chi connectivity index (χ1v) is 7.67. The molecule has 6 heteroatoms. The molecule has 2 heterocycles. The van der Waals surface area contributed by atoms with E-state index >= 15 is 0 Å². The van der Waals surface area contributed by atoms with Crippen LogP contribution in [0.3, 0.4) is 0 Å². The molecule has 108 valence electrons. The third-order valence-electron chi connectivity index (χ3n) is 3.77. The number of anilines is 1. The van der Waals surface area contributed by atoms with Crippen LogP contribution in [-0.2, 0) is 27.1 Å². The lowest BCUT2D eigenvalue weighted by molar-refractivity contribution is -0.124. The summed E-state index contributed by atoms with van der Waals surface area (Å²) in [4.78, 5) is 25.3. The van der Waals surface area contributed by atoms with E-state index in [4.69, 9.17) is 9.47 Å². The summed E-state index contributed by atoms with van der Waals surface area (Å²) in [5.74, 6) is -0.528. The zero-order valence-corrected chi connectivity index (χ0v) is 12.2. The molecular weight excluding hydrogens is 278 g/mol. The minimum Gasteiger partial charge on any atom is -0.465 e. The van der Waals surface area contributed by atoms with Crippen LogP contribution in [0.15, 0.2) is 0 Å². The van der Waals surface area contributed by atoms with Crippen LogP contribution in [0.1, 0.15) is 40.1 Å². The number of esters is 1. The van der Waals surface area contributed by atoms with Crippen molar-refractivity contribution in [1.29, 1.82) is 0 Å². The number of rotatable bonds is 3. The first-order chi connectivity index (χ1) is 9.70. The van der Waals surface area contributed by atoms with E-state index in [2.05, 4.69) is 5.32 Å². The number of amides is 1. The lowest BCUT2D eigenvalue weighted by Crippen LogP contribution is -2.27. The van der Waals surface area contributed by atoms with E-state index in [1.165, 1.54) is 23.3 Å². The van der Waals surface area contributed by atoms with Gasteiger partial charge in [0.1, 0.15) is 11.1 Å². The number of fused-ring (bicyclic) bond motifs is 1. The molecule has 20 heavy (non-hydrogen) atoms. The lowest BCUT2D eigenvalue weighted by atomic mass is 10.1. The Hall–Kier alpha value is -1.40. The first-order valence-electron chi connectivity index (χ1n) is 6.86. The molecule has 1 fully saturated rings. The molecule has 0 aromatic carbocycles. The molecule has 5 nitrogen and oxygen atoms in total. The zero-order chi connectivity index (χ0) is 14.1. The Morgan fingerprint density at radius 2 is 2.20 bits per heavy atom. The number of aryl methyl sites for hydroxylation is 1. The number of hydrogen-bond donors (Lipinski definition) is 1. The van der Waals surface area contributed by atoms with Gasteiger partial charge >= 0.3 is 5.97 Å². The molecule has 1 aliphatic carbocycles. The largest absolute Gasteiger partial charge is 0.465 e. The Bertz CT molecular complexity index is 546. The molecule has 1 N–H and O–H groups in total. The van der Waals surface area contributed by atoms with E-state index in [-0.39, 0.29) is 11.9 Å². The van der Waals surface area contributed by atoms with E-state index in [0.29, 0.717) is 17.2 Å². The molecule has 1 aliphatic heterocycles. The van der Waals surface area contributed by atoms with Crippen LogP contribution in [0.5, 0.6) is 0 Å². The van der Waals surface area contributed by atoms with Gasteiger partial charge in [-0.25, -0.2) is 4.79 Å². The second-order valence-electron chi connectivity index (χ2n) is 5.04. The van der Waals surface area contributed by atoms with Gasteiger partial charge in [-0.3, -0.25) is 4.79 Å². The highest BCUT2D eigenvalue weighted by Gasteiger charge is 2.30. The fraction of sp³-hybridized carbons (Fsp3) is 0.571. The van der Waals surface area contributed by atoms with Crippen LogP contribution < -0.4 is 5.32 Å². The Morgan fingerprint density at radius 1 is 1.35 bits per heavy atom. The van der Waals surface area contributed by atoms with Gasteiger partial charge in [0.2, 0.25) is 0 Å². The highest BCUT2D eigenvalue weighted by Crippen LogP contribution is 2.39. The Balaban J connectivity index is 1.85. The summed E-state index contributed by atoms with van der Waals surface area (Å²) >= 11 is 1.49. The van der Waals surface area contributed by atoms with Gasteiger partial charge in [0, 0.05) is 11.5 Å². The van der Waals surface area contributed by atoms with Gasteiger partial charge < -0.3 is 14.8 Å². The maximum absolute atomic E-state index is 12.1. The summed E-state index contributed by atoms with van der Waals surface area (Å²) in [5.41, 5.74) is 1.58. The van der Waals surface area contributed by atoms with Gasteiger partial charge in [0.25, 0.3) is 5.91 Å². The molecule has 0 bridgehead atoms. The highest BCUT2D eigenvalue weighted by atomic mass is 32.1. The van der Waals surface area contributed by atoms with Crippen LogP contribution in [-0.4, -0.2) is 31.7 Å². The SMILES string of the molecule is COC(=O)c1c(NC(=O)C2CCCO2)sc2c1CCC2. The smallest absolute Gasteiger partial charge is 0.341 e. The van der Waals surface area contributed by atoms with Crippen molar-refractivity contribution in [3.05, 3.63) is 16.0 Å². The Labute approximate surface area is 121 Å². The van der Waals surface area contributed by atoms with Crippen molar-refractivity contribution in [2.24, 2.45) is 0 Å². The summed E-state index contributed by atoms with van der Waals surface area (Å²) in [6.07, 6.45) is 4.17. The van der Waals surface area contributed by atoms with Gasteiger partial charge in [-0.15, -0.1) is 11.3 Å². The zero-order valence-electron chi connectivity index (χ0n) is 11.4. The average molecular weight is 295 g/mol. The molecule has 1 unspecified atom stereocenters. The fourth-order valence-electron chi connectivity index (χ4n) is 2.79. The van der Waals surface area contributed by atoms with Crippen molar-refractivity contribution in [2.75, 3.05) is 19.0 Å². The number of methoxy groups -OCH3 is 1. The van der Waals surface area contributed by atoms with Crippen molar-refractivity contribution in [3.8, 4) is 0 Å². The van der Waals surface area contributed by atoms with Crippen LogP contribution in [0, 0.1) is 0 Å². The molecule has 1 atom stereocenters. The standard InChI is InChI=1S/C14H17NO4S/c1-18-14(17)11-8-4-2-6-10(8)20-13(11)15-12(16)9-5-3-7-19-9/h9H,2-7H2,1H3,(H,15,16). The molecule has 2 aliphatic rings. The predicted octanol–water partition coefficient (Wildman–Crippen LogP) is 2.14. The Morgan fingerprint density at radius 3 is 2.90 bits per heavy atom. The van der Waals surface area contributed by atoms with E-state index < -0.39 is 6.10 Å². The third kappa shape index (κ3) is 2.33. The van der Waals surface area contributed by atoms with Gasteiger partial charge in [-0.2, -0.15) is 0 Å². The van der Waals surface area contributed by atoms with Crippen LogP contribution in [0.4, 0.5) is 5.00 Å². The monoisotopic (exact) mass is 295 g/mol. The van der Waals surface area contributed by atoms with Crippen LogP contribution in [0.25, 0.3) is 0 Å². The van der Waals surface area contributed by atoms with Crippen molar-refractivity contribution < 1.29 is 19.1 Å². The van der Waals surface area contributed by atoms with Gasteiger partial charge in [-0.05, 0) is 37.7 Å². The molecular formula is C14H17NO4S. The summed E-state index contributed by atoms with van der Waals surface area (Å²) in [5, 5.41) is 3.46. The second-order valence-corrected chi connectivity index (χ2v) is 6.15. The van der Waals surface area contributed by atoms with E-state index in [1.807, 2.05) is 0 Å². The molecule has 0 radical (unpaired) electrons. The number of carbonyl (C=O) groups is 2. The average Bonchev–Trinajstić information content (AvgIpc) is 3.13. The number of ether oxygens (including phenoxy) is 2. The molecule has 1 aromatic rings. The molecule has 1 aromatic heterocycles. The molecule has 1 amide bonds. The first kappa shape index (κ1) is 13.6. The number of nitrogens with one attached hydrogen (secondary N) is 1. The normalized spacial score (nSPS) is 20.8. The fourth-order valence-corrected chi connectivity index (χ4v) is 4.07. The second kappa shape index (κ2) is 5.54. The van der Waals surface area contributed by atoms with Gasteiger partial charge in [-0.1, -0.05) is 0 Å². The van der Waals surface area contributed by atoms with E-state index in [9.17, 15) is 9.59 Å². The molecule has 0 spiro atoms. The summed E-state index contributed by atoms with van der Waals surface area (Å²) in [6, 6.07) is 0. The van der Waals surface area contributed by atoms with Crippen molar-refractivity contribution in [1.82, 2.24) is 0 Å². The minimum absolute atomic E-state index is 0.160. The predicted molar refractivity (Wildman–Crippen MR) is 75.3 cm³/mol. The number of thiophene rings is 1. The summed E-state index contributed by atoms with van der Waals surface area (Å²) in [7, 11) is 1.37. The molecule has 3 rings (SSSR count). The van der Waals surface area contributed by atoms with Crippen molar-refractivity contribution in [2.45, 2.75) is 38.2 Å². The van der Waals surface area contributed by atoms with Gasteiger partial charge in [0.15, 0.2) is 0 Å². The maximum Gasteiger partial charge on any atom is 0.341 e. The lowest BCUT2D eigenvalue weighted by Gasteiger charge is -2.10. The van der Waals surface area contributed by atoms with Crippen molar-refractivity contribution >= 4 is 28.2 Å². The van der Waals surface area contributed by atoms with Crippen LogP contribution in [0.2, 0.25) is 0 Å². The molecule has 0 saturated carbocycles. The Kier molecular flexibility index (Phi) is 3.76. The third-order valence-corrected chi connectivity index (χ3v) is 4.98. The summed E-state index contributed by atoms with van der Waals surface area (Å²) < 4.78 is 10.2. The highest BCUT2D eigenvalue weighted by molar-refractivity contribution is 7.17.